The van der Waals surface area contributed by atoms with E-state index in [0.29, 0.717) is 17.6 Å². The molecule has 5 nitrogen and oxygen atoms in total. The summed E-state index contributed by atoms with van der Waals surface area (Å²) in [4.78, 5) is 16.6. The van der Waals surface area contributed by atoms with Gasteiger partial charge in [0.25, 0.3) is 0 Å². The lowest BCUT2D eigenvalue weighted by atomic mass is 10.0. The van der Waals surface area contributed by atoms with Gasteiger partial charge in [0, 0.05) is 48.1 Å². The predicted molar refractivity (Wildman–Crippen MR) is 282 cm³/mol. The predicted octanol–water partition coefficient (Wildman–Crippen LogP) is 16.4. The number of aromatic nitrogens is 5. The molecule has 0 unspecified atom stereocenters. The SMILES string of the molecule is c1ccc2cc(-c3nc(-c4ccc5c(sc6ccc7ccccc7c65)c4-n4c5cc6ccccc6cc5c5cc6ccccc6cc54)nc(-n4c5ccccc5c5ccccc54)n3)ccc2c1. The first-order chi connectivity index (χ1) is 33.2. The smallest absolute Gasteiger partial charge is 0.238 e. The number of para-hydroxylation sites is 2. The first-order valence-corrected chi connectivity index (χ1v) is 23.5. The first kappa shape index (κ1) is 36.6. The maximum Gasteiger partial charge on any atom is 0.238 e. The summed E-state index contributed by atoms with van der Waals surface area (Å²) >= 11 is 1.85. The van der Waals surface area contributed by atoms with Crippen LogP contribution in [0.2, 0.25) is 0 Å². The summed E-state index contributed by atoms with van der Waals surface area (Å²) in [7, 11) is 0. The third-order valence-electron chi connectivity index (χ3n) is 13.9. The van der Waals surface area contributed by atoms with Gasteiger partial charge < -0.3 is 4.57 Å². The third kappa shape index (κ3) is 5.39. The molecule has 4 aromatic heterocycles. The summed E-state index contributed by atoms with van der Waals surface area (Å²) in [6.45, 7) is 0. The molecular formula is C61H35N5S. The van der Waals surface area contributed by atoms with Crippen molar-refractivity contribution in [1.29, 1.82) is 0 Å². The molecule has 0 aliphatic carbocycles. The topological polar surface area (TPSA) is 48.5 Å². The Morgan fingerprint density at radius 2 is 0.851 bits per heavy atom. The van der Waals surface area contributed by atoms with E-state index < -0.39 is 0 Å². The van der Waals surface area contributed by atoms with Crippen molar-refractivity contribution in [3.8, 4) is 34.4 Å². The minimum Gasteiger partial charge on any atom is -0.307 e. The molecule has 4 heterocycles. The maximum atomic E-state index is 5.61. The van der Waals surface area contributed by atoms with Crippen LogP contribution in [-0.2, 0) is 0 Å². The van der Waals surface area contributed by atoms with Gasteiger partial charge in [-0.3, -0.25) is 4.57 Å². The monoisotopic (exact) mass is 869 g/mol. The van der Waals surface area contributed by atoms with Crippen LogP contribution in [0.25, 0.3) is 141 Å². The molecule has 0 atom stereocenters. The fourth-order valence-corrected chi connectivity index (χ4v) is 12.1. The number of fused-ring (bicyclic) bond motifs is 14. The van der Waals surface area contributed by atoms with Gasteiger partial charge in [-0.2, -0.15) is 9.97 Å². The van der Waals surface area contributed by atoms with Crippen LogP contribution >= 0.6 is 11.3 Å². The third-order valence-corrected chi connectivity index (χ3v) is 15.1. The standard InChI is InChI=1S/C61H35N5S/c1-2-15-38-31-43(26-25-36(38)13-1)59-62-60(64-61(63-59)66-51-23-11-9-21-45(51)46-22-10-12-24-52(46)66)48-29-28-47-56-44-20-8-7-14-37(44)27-30-55(56)67-58(47)57(48)65-53-34-41-18-5-3-16-39(41)32-49(53)50-33-40-17-4-6-19-42(40)35-54(50)65/h1-35H. The zero-order chi connectivity index (χ0) is 43.7. The fourth-order valence-electron chi connectivity index (χ4n) is 10.8. The van der Waals surface area contributed by atoms with E-state index in [2.05, 4.69) is 221 Å². The molecule has 0 spiro atoms. The minimum absolute atomic E-state index is 0.568. The molecular weight excluding hydrogens is 835 g/mol. The zero-order valence-corrected chi connectivity index (χ0v) is 36.7. The highest BCUT2D eigenvalue weighted by Gasteiger charge is 2.26. The van der Waals surface area contributed by atoms with Gasteiger partial charge in [-0.05, 0) is 97.7 Å². The molecule has 0 saturated heterocycles. The van der Waals surface area contributed by atoms with Crippen LogP contribution < -0.4 is 0 Å². The van der Waals surface area contributed by atoms with Crippen LogP contribution in [0.1, 0.15) is 0 Å². The maximum absolute atomic E-state index is 5.61. The van der Waals surface area contributed by atoms with Crippen LogP contribution in [-0.4, -0.2) is 24.1 Å². The van der Waals surface area contributed by atoms with Crippen molar-refractivity contribution >= 4 is 118 Å². The van der Waals surface area contributed by atoms with E-state index in [0.717, 1.165) is 55.0 Å². The molecule has 6 heteroatoms. The molecule has 15 rings (SSSR count). The van der Waals surface area contributed by atoms with Gasteiger partial charge in [0.1, 0.15) is 0 Å². The lowest BCUT2D eigenvalue weighted by molar-refractivity contribution is 0.952. The summed E-state index contributed by atoms with van der Waals surface area (Å²) in [6, 6.07) is 76.9. The van der Waals surface area contributed by atoms with Gasteiger partial charge in [-0.15, -0.1) is 11.3 Å². The second-order valence-corrected chi connectivity index (χ2v) is 18.6. The van der Waals surface area contributed by atoms with Crippen molar-refractivity contribution in [2.24, 2.45) is 0 Å². The number of thiophene rings is 1. The highest BCUT2D eigenvalue weighted by Crippen LogP contribution is 2.47. The molecule has 0 amide bonds. The van der Waals surface area contributed by atoms with Crippen LogP contribution in [0.4, 0.5) is 0 Å². The molecule has 310 valence electrons. The lowest BCUT2D eigenvalue weighted by Gasteiger charge is -2.17. The lowest BCUT2D eigenvalue weighted by Crippen LogP contribution is -2.08. The molecule has 11 aromatic carbocycles. The van der Waals surface area contributed by atoms with Crippen LogP contribution in [0.5, 0.6) is 0 Å². The van der Waals surface area contributed by atoms with Crippen LogP contribution in [0.15, 0.2) is 212 Å². The molecule has 0 bridgehead atoms. The largest absolute Gasteiger partial charge is 0.307 e. The van der Waals surface area contributed by atoms with Gasteiger partial charge in [0.15, 0.2) is 11.6 Å². The second-order valence-electron chi connectivity index (χ2n) is 17.6. The Balaban J connectivity index is 1.12. The fraction of sp³-hybridized carbons (Fsp3) is 0. The highest BCUT2D eigenvalue weighted by molar-refractivity contribution is 7.26. The van der Waals surface area contributed by atoms with Gasteiger partial charge >= 0.3 is 0 Å². The second kappa shape index (κ2) is 13.9. The Bertz CT molecular complexity index is 4450. The molecule has 0 aliphatic heterocycles. The summed E-state index contributed by atoms with van der Waals surface area (Å²) in [6.07, 6.45) is 0. The number of nitrogens with zero attached hydrogens (tertiary/aromatic N) is 5. The van der Waals surface area contributed by atoms with E-state index in [4.69, 9.17) is 15.0 Å². The Morgan fingerprint density at radius 1 is 0.328 bits per heavy atom. The quantitative estimate of drug-likeness (QED) is 0.177. The normalized spacial score (nSPS) is 12.2. The van der Waals surface area contributed by atoms with Crippen molar-refractivity contribution in [3.05, 3.63) is 212 Å². The number of benzene rings is 11. The molecule has 0 radical (unpaired) electrons. The van der Waals surface area contributed by atoms with E-state index in [1.165, 1.54) is 68.6 Å². The van der Waals surface area contributed by atoms with Gasteiger partial charge in [-0.25, -0.2) is 4.98 Å². The van der Waals surface area contributed by atoms with E-state index in [1.807, 2.05) is 11.3 Å². The summed E-state index contributed by atoms with van der Waals surface area (Å²) in [5.74, 6) is 1.78. The highest BCUT2D eigenvalue weighted by atomic mass is 32.1. The molecule has 67 heavy (non-hydrogen) atoms. The van der Waals surface area contributed by atoms with Crippen molar-refractivity contribution in [1.82, 2.24) is 24.1 Å². The van der Waals surface area contributed by atoms with Crippen molar-refractivity contribution in [2.75, 3.05) is 0 Å². The summed E-state index contributed by atoms with van der Waals surface area (Å²) in [5, 5.41) is 16.7. The summed E-state index contributed by atoms with van der Waals surface area (Å²) in [5.41, 5.74) is 7.25. The Morgan fingerprint density at radius 3 is 1.51 bits per heavy atom. The van der Waals surface area contributed by atoms with Crippen molar-refractivity contribution in [3.63, 3.8) is 0 Å². The van der Waals surface area contributed by atoms with Crippen molar-refractivity contribution in [2.45, 2.75) is 0 Å². The van der Waals surface area contributed by atoms with Gasteiger partial charge in [0.05, 0.1) is 32.5 Å². The first-order valence-electron chi connectivity index (χ1n) is 22.7. The number of hydrogen-bond donors (Lipinski definition) is 0. The number of rotatable bonds is 4. The Labute approximate surface area is 387 Å². The number of hydrogen-bond acceptors (Lipinski definition) is 4. The van der Waals surface area contributed by atoms with Crippen molar-refractivity contribution < 1.29 is 0 Å². The average molecular weight is 870 g/mol. The van der Waals surface area contributed by atoms with E-state index in [-0.39, 0.29) is 0 Å². The van der Waals surface area contributed by atoms with Gasteiger partial charge in [0.2, 0.25) is 5.95 Å². The van der Waals surface area contributed by atoms with Gasteiger partial charge in [-0.1, -0.05) is 158 Å². The van der Waals surface area contributed by atoms with Crippen LogP contribution in [0.3, 0.4) is 0 Å². The molecule has 0 saturated carbocycles. The molecule has 0 aliphatic rings. The molecule has 0 N–H and O–H groups in total. The van der Waals surface area contributed by atoms with E-state index >= 15 is 0 Å². The van der Waals surface area contributed by atoms with Crippen LogP contribution in [0, 0.1) is 0 Å². The zero-order valence-electron chi connectivity index (χ0n) is 35.9. The summed E-state index contributed by atoms with van der Waals surface area (Å²) < 4.78 is 7.14. The Hall–Kier alpha value is -8.71. The van der Waals surface area contributed by atoms with E-state index in [9.17, 15) is 0 Å². The molecule has 0 fully saturated rings. The average Bonchev–Trinajstić information content (AvgIpc) is 4.04. The van der Waals surface area contributed by atoms with E-state index in [1.54, 1.807) is 0 Å². The minimum atomic E-state index is 0.568. The Kier molecular flexibility index (Phi) is 7.59. The molecule has 15 aromatic rings.